The number of nitrogens with two attached hydrogens (primary N) is 1. The van der Waals surface area contributed by atoms with Gasteiger partial charge < -0.3 is 5.43 Å². The van der Waals surface area contributed by atoms with Crippen molar-refractivity contribution >= 4 is 37.3 Å². The van der Waals surface area contributed by atoms with Gasteiger partial charge in [0.05, 0.1) is 15.8 Å². The van der Waals surface area contributed by atoms with E-state index in [1.807, 2.05) is 4.72 Å². The summed E-state index contributed by atoms with van der Waals surface area (Å²) in [6, 6.07) is 2.88. The van der Waals surface area contributed by atoms with Gasteiger partial charge in [-0.3, -0.25) is 15.5 Å². The van der Waals surface area contributed by atoms with Crippen molar-refractivity contribution in [3.05, 3.63) is 46.7 Å². The maximum atomic E-state index is 13.6. The molecule has 0 saturated heterocycles. The van der Waals surface area contributed by atoms with Crippen LogP contribution in [0, 0.1) is 11.6 Å². The summed E-state index contributed by atoms with van der Waals surface area (Å²) >= 11 is 2.85. The van der Waals surface area contributed by atoms with Crippen LogP contribution in [0.2, 0.25) is 0 Å². The fourth-order valence-electron chi connectivity index (χ4n) is 1.51. The lowest BCUT2D eigenvalue weighted by Crippen LogP contribution is -2.18. The first-order valence-corrected chi connectivity index (χ1v) is 7.71. The molecule has 0 fully saturated rings. The van der Waals surface area contributed by atoms with Crippen LogP contribution in [-0.4, -0.2) is 13.4 Å². The summed E-state index contributed by atoms with van der Waals surface area (Å²) in [4.78, 5) is 3.41. The van der Waals surface area contributed by atoms with Crippen molar-refractivity contribution in [3.8, 4) is 0 Å². The number of halogens is 3. The number of nitrogens with one attached hydrogen (secondary N) is 2. The van der Waals surface area contributed by atoms with Crippen molar-refractivity contribution in [2.24, 2.45) is 5.84 Å². The predicted octanol–water partition coefficient (Wildman–Crippen LogP) is 2.21. The van der Waals surface area contributed by atoms with Crippen LogP contribution in [0.4, 0.5) is 20.2 Å². The third kappa shape index (κ3) is 3.28. The van der Waals surface area contributed by atoms with Crippen LogP contribution in [0.5, 0.6) is 0 Å². The molecule has 0 bridgehead atoms. The number of aromatic nitrogens is 1. The van der Waals surface area contributed by atoms with E-state index in [1.165, 1.54) is 12.3 Å². The average Bonchev–Trinajstić information content (AvgIpc) is 2.44. The van der Waals surface area contributed by atoms with Crippen LogP contribution in [0.15, 0.2) is 40.0 Å². The lowest BCUT2D eigenvalue weighted by molar-refractivity contribution is 0.579. The molecule has 0 aliphatic heterocycles. The van der Waals surface area contributed by atoms with Gasteiger partial charge in [0, 0.05) is 18.5 Å². The Kier molecular flexibility index (Phi) is 4.40. The van der Waals surface area contributed by atoms with Crippen molar-refractivity contribution in [1.29, 1.82) is 0 Å². The summed E-state index contributed by atoms with van der Waals surface area (Å²) in [5, 5.41) is 0. The molecule has 10 heteroatoms. The first-order chi connectivity index (χ1) is 9.85. The largest absolute Gasteiger partial charge is 0.323 e. The fourth-order valence-corrected chi connectivity index (χ4v) is 3.03. The Morgan fingerprint density at radius 2 is 1.90 bits per heavy atom. The number of hydrazine groups is 1. The zero-order valence-electron chi connectivity index (χ0n) is 10.3. The van der Waals surface area contributed by atoms with Gasteiger partial charge in [0.1, 0.15) is 16.5 Å². The van der Waals surface area contributed by atoms with Crippen LogP contribution in [-0.2, 0) is 10.0 Å². The van der Waals surface area contributed by atoms with E-state index in [1.54, 1.807) is 0 Å². The summed E-state index contributed by atoms with van der Waals surface area (Å²) in [7, 11) is -4.15. The lowest BCUT2D eigenvalue weighted by Gasteiger charge is -2.12. The second kappa shape index (κ2) is 5.92. The monoisotopic (exact) mass is 378 g/mol. The molecule has 21 heavy (non-hydrogen) atoms. The molecule has 0 radical (unpaired) electrons. The highest BCUT2D eigenvalue weighted by molar-refractivity contribution is 9.10. The Balaban J connectivity index is 2.45. The van der Waals surface area contributed by atoms with E-state index in [0.717, 1.165) is 12.3 Å². The first-order valence-electron chi connectivity index (χ1n) is 5.43. The quantitative estimate of drug-likeness (QED) is 0.430. The minimum Gasteiger partial charge on any atom is -0.323 e. The van der Waals surface area contributed by atoms with E-state index in [0.29, 0.717) is 6.07 Å². The topological polar surface area (TPSA) is 97.1 Å². The zero-order valence-corrected chi connectivity index (χ0v) is 12.7. The smallest absolute Gasteiger partial charge is 0.265 e. The number of nitrogens with zero attached hydrogens (tertiary/aromatic N) is 1. The number of sulfonamides is 1. The van der Waals surface area contributed by atoms with Gasteiger partial charge in [-0.05, 0) is 28.1 Å². The van der Waals surface area contributed by atoms with Gasteiger partial charge in [-0.2, -0.15) is 0 Å². The molecule has 0 saturated carbocycles. The molecule has 1 aromatic heterocycles. The Bertz CT molecular complexity index is 786. The normalized spacial score (nSPS) is 11.2. The number of benzene rings is 1. The number of anilines is 2. The van der Waals surface area contributed by atoms with Crippen LogP contribution >= 0.6 is 15.9 Å². The number of hydrogen-bond donors (Lipinski definition) is 3. The van der Waals surface area contributed by atoms with E-state index < -0.39 is 27.3 Å². The van der Waals surface area contributed by atoms with E-state index >= 15 is 0 Å². The molecule has 0 aliphatic carbocycles. The third-order valence-corrected chi connectivity index (χ3v) is 4.48. The molecule has 0 unspecified atom stereocenters. The minimum atomic E-state index is -4.15. The van der Waals surface area contributed by atoms with Crippen molar-refractivity contribution < 1.29 is 17.2 Å². The molecule has 112 valence electrons. The zero-order chi connectivity index (χ0) is 15.6. The van der Waals surface area contributed by atoms with Crippen molar-refractivity contribution in [1.82, 2.24) is 4.98 Å². The van der Waals surface area contributed by atoms with Gasteiger partial charge in [-0.1, -0.05) is 0 Å². The summed E-state index contributed by atoms with van der Waals surface area (Å²) in [5.74, 6) is 3.32. The summed E-state index contributed by atoms with van der Waals surface area (Å²) in [6.07, 6.45) is 2.39. The highest BCUT2D eigenvalue weighted by atomic mass is 79.9. The number of pyridine rings is 1. The summed E-state index contributed by atoms with van der Waals surface area (Å²) < 4.78 is 53.1. The van der Waals surface area contributed by atoms with Gasteiger partial charge >= 0.3 is 0 Å². The van der Waals surface area contributed by atoms with E-state index in [2.05, 4.69) is 26.3 Å². The molecule has 4 N–H and O–H groups in total. The average molecular weight is 379 g/mol. The van der Waals surface area contributed by atoms with Crippen LogP contribution in [0.1, 0.15) is 0 Å². The van der Waals surface area contributed by atoms with Gasteiger partial charge in [0.2, 0.25) is 0 Å². The van der Waals surface area contributed by atoms with Crippen LogP contribution in [0.3, 0.4) is 0 Å². The molecule has 2 aromatic rings. The highest BCUT2D eigenvalue weighted by Gasteiger charge is 2.21. The molecule has 1 aromatic carbocycles. The van der Waals surface area contributed by atoms with Crippen molar-refractivity contribution in [2.45, 2.75) is 4.90 Å². The standard InChI is InChI=1S/C11H9BrF2N4O2S/c12-6-3-10(8(14)4-7(6)13)18-21(19,20)11-5-16-2-1-9(11)17-15/h1-5,18H,15H2,(H,16,17). The van der Waals surface area contributed by atoms with Crippen LogP contribution in [0.25, 0.3) is 0 Å². The molecule has 0 spiro atoms. The number of nitrogen functional groups attached to an aromatic ring is 1. The Labute approximate surface area is 127 Å². The Morgan fingerprint density at radius 1 is 1.19 bits per heavy atom. The highest BCUT2D eigenvalue weighted by Crippen LogP contribution is 2.27. The molecule has 1 heterocycles. The summed E-state index contributed by atoms with van der Waals surface area (Å²) in [5.41, 5.74) is 1.88. The predicted molar refractivity (Wildman–Crippen MR) is 76.9 cm³/mol. The van der Waals surface area contributed by atoms with E-state index in [9.17, 15) is 17.2 Å². The Morgan fingerprint density at radius 3 is 2.57 bits per heavy atom. The van der Waals surface area contributed by atoms with Gasteiger partial charge in [0.15, 0.2) is 0 Å². The number of hydrogen-bond acceptors (Lipinski definition) is 5. The van der Waals surface area contributed by atoms with Gasteiger partial charge in [-0.25, -0.2) is 17.2 Å². The maximum Gasteiger partial charge on any atom is 0.265 e. The van der Waals surface area contributed by atoms with E-state index in [4.69, 9.17) is 5.84 Å². The third-order valence-electron chi connectivity index (χ3n) is 2.48. The first kappa shape index (κ1) is 15.6. The Hall–Kier alpha value is -1.78. The second-order valence-electron chi connectivity index (χ2n) is 3.87. The molecule has 0 aliphatic rings. The van der Waals surface area contributed by atoms with E-state index in [-0.39, 0.29) is 15.1 Å². The molecule has 2 rings (SSSR count). The second-order valence-corrected chi connectivity index (χ2v) is 6.37. The fraction of sp³-hybridized carbons (Fsp3) is 0. The maximum absolute atomic E-state index is 13.6. The molecule has 6 nitrogen and oxygen atoms in total. The summed E-state index contributed by atoms with van der Waals surface area (Å²) in [6.45, 7) is 0. The minimum absolute atomic E-state index is 0.0787. The van der Waals surface area contributed by atoms with Crippen molar-refractivity contribution in [2.75, 3.05) is 10.1 Å². The SMILES string of the molecule is NNc1ccncc1S(=O)(=O)Nc1cc(Br)c(F)cc1F. The molecule has 0 atom stereocenters. The molecular formula is C11H9BrF2N4O2S. The van der Waals surface area contributed by atoms with Crippen LogP contribution < -0.4 is 16.0 Å². The van der Waals surface area contributed by atoms with Crippen molar-refractivity contribution in [3.63, 3.8) is 0 Å². The molecular weight excluding hydrogens is 370 g/mol. The van der Waals surface area contributed by atoms with Gasteiger partial charge in [-0.15, -0.1) is 0 Å². The lowest BCUT2D eigenvalue weighted by atomic mass is 10.3. The molecule has 0 amide bonds. The number of rotatable bonds is 4. The van der Waals surface area contributed by atoms with Gasteiger partial charge in [0.25, 0.3) is 10.0 Å².